The van der Waals surface area contributed by atoms with Crippen molar-refractivity contribution in [1.82, 2.24) is 4.90 Å². The molecule has 128 valence electrons. The maximum Gasteiger partial charge on any atom is 0.223 e. The van der Waals surface area contributed by atoms with E-state index in [4.69, 9.17) is 5.73 Å². The topological polar surface area (TPSA) is 46.3 Å². The molecule has 6 aliphatic rings. The van der Waals surface area contributed by atoms with Gasteiger partial charge in [-0.3, -0.25) is 4.79 Å². The Bertz CT molecular complexity index is 467. The average molecular weight is 316 g/mol. The van der Waals surface area contributed by atoms with Crippen molar-refractivity contribution in [3.8, 4) is 0 Å². The van der Waals surface area contributed by atoms with Gasteiger partial charge in [0.1, 0.15) is 0 Å². The zero-order valence-electron chi connectivity index (χ0n) is 14.4. The molecule has 3 nitrogen and oxygen atoms in total. The highest BCUT2D eigenvalue weighted by atomic mass is 16.2. The molecule has 0 aromatic rings. The molecule has 0 radical (unpaired) electrons. The van der Waals surface area contributed by atoms with Crippen molar-refractivity contribution >= 4 is 5.91 Å². The number of amides is 1. The summed E-state index contributed by atoms with van der Waals surface area (Å²) >= 11 is 0. The zero-order valence-corrected chi connectivity index (χ0v) is 14.4. The van der Waals surface area contributed by atoms with Gasteiger partial charge >= 0.3 is 0 Å². The summed E-state index contributed by atoms with van der Waals surface area (Å²) in [6.45, 7) is 1.96. The number of fused-ring (bicyclic) bond motifs is 1. The van der Waals surface area contributed by atoms with Crippen LogP contribution in [0, 0.1) is 35.0 Å². The van der Waals surface area contributed by atoms with Gasteiger partial charge in [-0.1, -0.05) is 6.42 Å². The van der Waals surface area contributed by atoms with E-state index in [1.54, 1.807) is 0 Å². The number of nitrogens with two attached hydrogens (primary N) is 1. The summed E-state index contributed by atoms with van der Waals surface area (Å²) in [6, 6.07) is 0.339. The van der Waals surface area contributed by atoms with E-state index in [1.165, 1.54) is 51.4 Å². The van der Waals surface area contributed by atoms with E-state index in [0.717, 1.165) is 43.7 Å². The van der Waals surface area contributed by atoms with Gasteiger partial charge in [-0.05, 0) is 86.4 Å². The largest absolute Gasteiger partial charge is 0.342 e. The van der Waals surface area contributed by atoms with Crippen molar-refractivity contribution in [1.29, 1.82) is 0 Å². The standard InChI is InChI=1S/C20H32N2O/c21-18-3-1-2-16-11-22(12-17(16)18)19(23)10-20-7-13-4-14(8-20)6-15(5-13)9-20/h13-18H,1-12,21H2. The fraction of sp³-hybridized carbons (Fsp3) is 0.950. The van der Waals surface area contributed by atoms with Crippen molar-refractivity contribution in [3.05, 3.63) is 0 Å². The number of carbonyl (C=O) groups is 1. The second kappa shape index (κ2) is 5.21. The van der Waals surface area contributed by atoms with E-state index in [1.807, 2.05) is 0 Å². The lowest BCUT2D eigenvalue weighted by Crippen LogP contribution is -2.48. The molecule has 6 fully saturated rings. The molecule has 1 aliphatic heterocycles. The SMILES string of the molecule is NC1CCCC2CN(C(=O)CC34CC5CC(CC(C5)C3)C4)CC12. The fourth-order valence-corrected chi connectivity index (χ4v) is 7.66. The van der Waals surface area contributed by atoms with Gasteiger partial charge in [0.25, 0.3) is 0 Å². The quantitative estimate of drug-likeness (QED) is 0.850. The molecule has 1 saturated heterocycles. The highest BCUT2D eigenvalue weighted by Gasteiger charge is 2.52. The van der Waals surface area contributed by atoms with E-state index < -0.39 is 0 Å². The van der Waals surface area contributed by atoms with Crippen LogP contribution in [0.4, 0.5) is 0 Å². The van der Waals surface area contributed by atoms with Crippen LogP contribution in [0.1, 0.15) is 64.2 Å². The lowest BCUT2D eigenvalue weighted by Gasteiger charge is -2.56. The predicted octanol–water partition coefficient (Wildman–Crippen LogP) is 3.18. The first-order valence-electron chi connectivity index (χ1n) is 10.1. The third kappa shape index (κ3) is 2.45. The van der Waals surface area contributed by atoms with E-state index in [2.05, 4.69) is 4.90 Å². The van der Waals surface area contributed by atoms with Gasteiger partial charge in [0, 0.05) is 25.6 Å². The molecule has 5 aliphatic carbocycles. The summed E-state index contributed by atoms with van der Waals surface area (Å²) < 4.78 is 0. The number of hydrogen-bond donors (Lipinski definition) is 1. The summed E-state index contributed by atoms with van der Waals surface area (Å²) in [5.74, 6) is 4.59. The molecular formula is C20H32N2O. The van der Waals surface area contributed by atoms with E-state index in [-0.39, 0.29) is 0 Å². The van der Waals surface area contributed by atoms with Gasteiger partial charge in [-0.2, -0.15) is 0 Å². The number of carbonyl (C=O) groups excluding carboxylic acids is 1. The van der Waals surface area contributed by atoms with Crippen LogP contribution in [0.3, 0.4) is 0 Å². The zero-order chi connectivity index (χ0) is 15.6. The Kier molecular flexibility index (Phi) is 3.34. The Hall–Kier alpha value is -0.570. The van der Waals surface area contributed by atoms with Crippen molar-refractivity contribution in [2.45, 2.75) is 70.3 Å². The van der Waals surface area contributed by atoms with Gasteiger partial charge in [0.2, 0.25) is 5.91 Å². The molecular weight excluding hydrogens is 284 g/mol. The minimum Gasteiger partial charge on any atom is -0.342 e. The summed E-state index contributed by atoms with van der Waals surface area (Å²) in [4.78, 5) is 15.3. The van der Waals surface area contributed by atoms with Gasteiger partial charge in [-0.15, -0.1) is 0 Å². The fourth-order valence-electron chi connectivity index (χ4n) is 7.66. The highest BCUT2D eigenvalue weighted by Crippen LogP contribution is 2.61. The second-order valence-electron chi connectivity index (χ2n) is 9.91. The molecule has 3 atom stereocenters. The summed E-state index contributed by atoms with van der Waals surface area (Å²) in [5.41, 5.74) is 6.72. The molecule has 0 aromatic heterocycles. The first-order valence-corrected chi connectivity index (χ1v) is 10.1. The van der Waals surface area contributed by atoms with Crippen LogP contribution < -0.4 is 5.73 Å². The summed E-state index contributed by atoms with van der Waals surface area (Å²) in [6.07, 6.45) is 13.0. The number of rotatable bonds is 2. The van der Waals surface area contributed by atoms with Crippen LogP contribution in [0.25, 0.3) is 0 Å². The molecule has 3 heteroatoms. The van der Waals surface area contributed by atoms with Crippen LogP contribution in [-0.2, 0) is 4.79 Å². The second-order valence-corrected chi connectivity index (χ2v) is 9.91. The Morgan fingerprint density at radius 2 is 1.65 bits per heavy atom. The van der Waals surface area contributed by atoms with Crippen LogP contribution in [0.15, 0.2) is 0 Å². The van der Waals surface area contributed by atoms with Crippen molar-refractivity contribution in [2.75, 3.05) is 13.1 Å². The van der Waals surface area contributed by atoms with Crippen LogP contribution in [-0.4, -0.2) is 29.9 Å². The van der Waals surface area contributed by atoms with Gasteiger partial charge in [0.05, 0.1) is 0 Å². The molecule has 0 spiro atoms. The first-order chi connectivity index (χ1) is 11.1. The molecule has 2 N–H and O–H groups in total. The maximum atomic E-state index is 13.1. The molecule has 1 heterocycles. The highest BCUT2D eigenvalue weighted by molar-refractivity contribution is 5.77. The van der Waals surface area contributed by atoms with Crippen molar-refractivity contribution in [2.24, 2.45) is 40.7 Å². The van der Waals surface area contributed by atoms with Gasteiger partial charge < -0.3 is 10.6 Å². The molecule has 1 amide bonds. The average Bonchev–Trinajstić information content (AvgIpc) is 2.91. The first kappa shape index (κ1) is 14.7. The monoisotopic (exact) mass is 316 g/mol. The third-order valence-electron chi connectivity index (χ3n) is 8.20. The van der Waals surface area contributed by atoms with Crippen LogP contribution in [0.5, 0.6) is 0 Å². The Labute approximate surface area is 140 Å². The molecule has 23 heavy (non-hydrogen) atoms. The lowest BCUT2D eigenvalue weighted by atomic mass is 9.49. The molecule has 5 saturated carbocycles. The van der Waals surface area contributed by atoms with E-state index >= 15 is 0 Å². The maximum absolute atomic E-state index is 13.1. The smallest absolute Gasteiger partial charge is 0.223 e. The Morgan fingerprint density at radius 1 is 1.00 bits per heavy atom. The molecule has 3 unspecified atom stereocenters. The van der Waals surface area contributed by atoms with Crippen LogP contribution in [0.2, 0.25) is 0 Å². The van der Waals surface area contributed by atoms with Crippen molar-refractivity contribution in [3.63, 3.8) is 0 Å². The van der Waals surface area contributed by atoms with Crippen LogP contribution >= 0.6 is 0 Å². The summed E-state index contributed by atoms with van der Waals surface area (Å²) in [7, 11) is 0. The van der Waals surface area contributed by atoms with Gasteiger partial charge in [-0.25, -0.2) is 0 Å². The third-order valence-corrected chi connectivity index (χ3v) is 8.20. The Morgan fingerprint density at radius 3 is 2.26 bits per heavy atom. The minimum absolute atomic E-state index is 0.339. The predicted molar refractivity (Wildman–Crippen MR) is 90.6 cm³/mol. The van der Waals surface area contributed by atoms with Crippen molar-refractivity contribution < 1.29 is 4.79 Å². The summed E-state index contributed by atoms with van der Waals surface area (Å²) in [5, 5.41) is 0. The molecule has 4 bridgehead atoms. The molecule has 6 rings (SSSR count). The number of likely N-dealkylation sites (tertiary alicyclic amines) is 1. The minimum atomic E-state index is 0.339. The number of hydrogen-bond acceptors (Lipinski definition) is 2. The number of nitrogens with zero attached hydrogens (tertiary/aromatic N) is 1. The normalized spacial score (nSPS) is 51.1. The molecule has 0 aromatic carbocycles. The van der Waals surface area contributed by atoms with E-state index in [9.17, 15) is 4.79 Å². The van der Waals surface area contributed by atoms with Gasteiger partial charge in [0.15, 0.2) is 0 Å². The lowest BCUT2D eigenvalue weighted by molar-refractivity contribution is -0.138. The van der Waals surface area contributed by atoms with E-state index in [0.29, 0.717) is 29.2 Å². The Balaban J connectivity index is 1.27.